The van der Waals surface area contributed by atoms with Crippen molar-refractivity contribution >= 4 is 39.3 Å². The molecular weight excluding hydrogens is 432 g/mol. The molecule has 0 bridgehead atoms. The predicted molar refractivity (Wildman–Crippen MR) is 112 cm³/mol. The second-order valence-corrected chi connectivity index (χ2v) is 8.50. The molecule has 0 aliphatic rings. The van der Waals surface area contributed by atoms with E-state index in [1.807, 2.05) is 38.4 Å². The summed E-state index contributed by atoms with van der Waals surface area (Å²) in [5.74, 6) is 1.74. The molecule has 0 fully saturated rings. The number of aromatic nitrogens is 3. The van der Waals surface area contributed by atoms with Crippen LogP contribution in [-0.2, 0) is 5.75 Å². The molecule has 0 spiro atoms. The summed E-state index contributed by atoms with van der Waals surface area (Å²) in [6, 6.07) is 16.3. The van der Waals surface area contributed by atoms with Crippen LogP contribution in [0.1, 0.15) is 24.4 Å². The van der Waals surface area contributed by atoms with E-state index in [-0.39, 0.29) is 6.04 Å². The Morgan fingerprint density at radius 2 is 1.73 bits per heavy atom. The molecule has 0 saturated heterocycles. The van der Waals surface area contributed by atoms with Crippen LogP contribution in [-0.4, -0.2) is 33.8 Å². The van der Waals surface area contributed by atoms with Crippen LogP contribution in [0.3, 0.4) is 0 Å². The average molecular weight is 452 g/mol. The van der Waals surface area contributed by atoms with Gasteiger partial charge in [0.2, 0.25) is 0 Å². The highest BCUT2D eigenvalue weighted by Gasteiger charge is 2.21. The maximum Gasteiger partial charge on any atom is 0.196 e. The molecule has 0 aliphatic carbocycles. The van der Waals surface area contributed by atoms with Crippen LogP contribution >= 0.6 is 39.3 Å². The normalized spacial score (nSPS) is 12.5. The van der Waals surface area contributed by atoms with Gasteiger partial charge in [0.05, 0.1) is 6.04 Å². The van der Waals surface area contributed by atoms with Crippen LogP contribution in [0.4, 0.5) is 0 Å². The maximum absolute atomic E-state index is 6.06. The van der Waals surface area contributed by atoms with E-state index in [1.54, 1.807) is 11.8 Å². The van der Waals surface area contributed by atoms with Gasteiger partial charge in [0.15, 0.2) is 11.0 Å². The number of hydrogen-bond acceptors (Lipinski definition) is 4. The summed E-state index contributed by atoms with van der Waals surface area (Å²) < 4.78 is 3.20. The van der Waals surface area contributed by atoms with E-state index >= 15 is 0 Å². The van der Waals surface area contributed by atoms with E-state index in [0.29, 0.717) is 5.02 Å². The summed E-state index contributed by atoms with van der Waals surface area (Å²) in [5, 5.41) is 10.5. The van der Waals surface area contributed by atoms with E-state index in [2.05, 4.69) is 66.8 Å². The third-order valence-electron chi connectivity index (χ3n) is 4.17. The van der Waals surface area contributed by atoms with Gasteiger partial charge in [-0.25, -0.2) is 0 Å². The monoisotopic (exact) mass is 450 g/mol. The number of halogens is 2. The van der Waals surface area contributed by atoms with Gasteiger partial charge >= 0.3 is 0 Å². The molecule has 0 amide bonds. The van der Waals surface area contributed by atoms with E-state index in [4.69, 9.17) is 11.6 Å². The molecule has 1 unspecified atom stereocenters. The molecule has 1 aromatic heterocycles. The summed E-state index contributed by atoms with van der Waals surface area (Å²) >= 11 is 11.2. The van der Waals surface area contributed by atoms with E-state index in [9.17, 15) is 0 Å². The Balaban J connectivity index is 1.93. The minimum Gasteiger partial charge on any atom is -0.300 e. The second kappa shape index (κ2) is 8.57. The molecule has 0 aliphatic heterocycles. The fourth-order valence-electron chi connectivity index (χ4n) is 2.44. The molecule has 4 nitrogen and oxygen atoms in total. The third kappa shape index (κ3) is 4.49. The van der Waals surface area contributed by atoms with E-state index in [1.165, 1.54) is 5.56 Å². The van der Waals surface area contributed by atoms with Crippen molar-refractivity contribution in [1.82, 2.24) is 19.7 Å². The largest absolute Gasteiger partial charge is 0.300 e. The van der Waals surface area contributed by atoms with Crippen LogP contribution < -0.4 is 0 Å². The zero-order chi connectivity index (χ0) is 18.7. The molecule has 26 heavy (non-hydrogen) atoms. The quantitative estimate of drug-likeness (QED) is 0.457. The van der Waals surface area contributed by atoms with Crippen molar-refractivity contribution in [3.05, 3.63) is 69.4 Å². The van der Waals surface area contributed by atoms with Crippen molar-refractivity contribution in [1.29, 1.82) is 0 Å². The molecule has 2 aromatic carbocycles. The van der Waals surface area contributed by atoms with Crippen molar-refractivity contribution in [2.24, 2.45) is 0 Å². The summed E-state index contributed by atoms with van der Waals surface area (Å²) in [7, 11) is 4.08. The van der Waals surface area contributed by atoms with Crippen LogP contribution in [0.15, 0.2) is 58.2 Å². The average Bonchev–Trinajstić information content (AvgIpc) is 3.05. The number of benzene rings is 2. The van der Waals surface area contributed by atoms with Crippen molar-refractivity contribution in [2.75, 3.05) is 14.1 Å². The molecule has 1 heterocycles. The first-order valence-electron chi connectivity index (χ1n) is 8.20. The molecule has 3 rings (SSSR count). The molecule has 1 atom stereocenters. The fourth-order valence-corrected chi connectivity index (χ4v) is 3.74. The SMILES string of the molecule is CC(c1nnc(SCc2ccc(Br)cc2)n1-c1ccc(Cl)cc1)N(C)C. The van der Waals surface area contributed by atoms with Crippen LogP contribution in [0.5, 0.6) is 0 Å². The minimum absolute atomic E-state index is 0.139. The molecular formula is C19H20BrClN4S. The molecule has 3 aromatic rings. The van der Waals surface area contributed by atoms with Crippen molar-refractivity contribution in [2.45, 2.75) is 23.9 Å². The lowest BCUT2D eigenvalue weighted by Crippen LogP contribution is -2.20. The highest BCUT2D eigenvalue weighted by atomic mass is 79.9. The van der Waals surface area contributed by atoms with Crippen LogP contribution in [0.25, 0.3) is 5.69 Å². The van der Waals surface area contributed by atoms with Gasteiger partial charge in [-0.05, 0) is 63.0 Å². The smallest absolute Gasteiger partial charge is 0.196 e. The number of hydrogen-bond donors (Lipinski definition) is 0. The minimum atomic E-state index is 0.139. The van der Waals surface area contributed by atoms with Gasteiger partial charge < -0.3 is 0 Å². The van der Waals surface area contributed by atoms with Crippen LogP contribution in [0, 0.1) is 0 Å². The van der Waals surface area contributed by atoms with Gasteiger partial charge in [-0.15, -0.1) is 10.2 Å². The third-order valence-corrected chi connectivity index (χ3v) is 5.95. The van der Waals surface area contributed by atoms with Gasteiger partial charge in [0.1, 0.15) is 0 Å². The summed E-state index contributed by atoms with van der Waals surface area (Å²) in [4.78, 5) is 2.12. The lowest BCUT2D eigenvalue weighted by Gasteiger charge is -2.20. The molecule has 0 radical (unpaired) electrons. The Morgan fingerprint density at radius 3 is 2.35 bits per heavy atom. The zero-order valence-electron chi connectivity index (χ0n) is 14.9. The Labute approximate surface area is 171 Å². The first-order chi connectivity index (χ1) is 12.5. The zero-order valence-corrected chi connectivity index (χ0v) is 18.0. The standard InChI is InChI=1S/C19H20BrClN4S/c1-13(24(2)3)18-22-23-19(25(18)17-10-8-16(21)9-11-17)26-12-14-4-6-15(20)7-5-14/h4-11,13H,12H2,1-3H3. The van der Waals surface area contributed by atoms with Gasteiger partial charge in [0, 0.05) is 20.9 Å². The molecule has 0 N–H and O–H groups in total. The Morgan fingerprint density at radius 1 is 1.08 bits per heavy atom. The Hall–Kier alpha value is -1.34. The Kier molecular flexibility index (Phi) is 6.40. The summed E-state index contributed by atoms with van der Waals surface area (Å²) in [6.45, 7) is 2.12. The van der Waals surface area contributed by atoms with Crippen LogP contribution in [0.2, 0.25) is 5.02 Å². The Bertz CT molecular complexity index is 862. The van der Waals surface area contributed by atoms with E-state index in [0.717, 1.165) is 26.9 Å². The van der Waals surface area contributed by atoms with E-state index < -0.39 is 0 Å². The molecule has 0 saturated carbocycles. The molecule has 136 valence electrons. The van der Waals surface area contributed by atoms with Gasteiger partial charge in [-0.2, -0.15) is 0 Å². The van der Waals surface area contributed by atoms with Gasteiger partial charge in [-0.3, -0.25) is 9.47 Å². The predicted octanol–water partition coefficient (Wildman–Crippen LogP) is 5.60. The fraction of sp³-hybridized carbons (Fsp3) is 0.263. The number of nitrogens with zero attached hydrogens (tertiary/aromatic N) is 4. The molecule has 7 heteroatoms. The maximum atomic E-state index is 6.06. The van der Waals surface area contributed by atoms with Gasteiger partial charge in [-0.1, -0.05) is 51.4 Å². The van der Waals surface area contributed by atoms with Crippen molar-refractivity contribution in [3.63, 3.8) is 0 Å². The summed E-state index contributed by atoms with van der Waals surface area (Å²) in [6.07, 6.45) is 0. The second-order valence-electron chi connectivity index (χ2n) is 6.21. The van der Waals surface area contributed by atoms with Gasteiger partial charge in [0.25, 0.3) is 0 Å². The number of rotatable bonds is 6. The highest BCUT2D eigenvalue weighted by Crippen LogP contribution is 2.29. The highest BCUT2D eigenvalue weighted by molar-refractivity contribution is 9.10. The lowest BCUT2D eigenvalue weighted by molar-refractivity contribution is 0.305. The topological polar surface area (TPSA) is 34.0 Å². The van der Waals surface area contributed by atoms with Crippen molar-refractivity contribution < 1.29 is 0 Å². The summed E-state index contributed by atoms with van der Waals surface area (Å²) in [5.41, 5.74) is 2.26. The first kappa shape index (κ1) is 19.4. The lowest BCUT2D eigenvalue weighted by atomic mass is 10.2. The first-order valence-corrected chi connectivity index (χ1v) is 10.4. The van der Waals surface area contributed by atoms with Crippen molar-refractivity contribution in [3.8, 4) is 5.69 Å². The number of thioether (sulfide) groups is 1.